The molecule has 0 atom stereocenters. The van der Waals surface area contributed by atoms with E-state index in [1.54, 1.807) is 18.2 Å². The molecule has 1 saturated carbocycles. The number of nitrogens with one attached hydrogen (secondary N) is 1. The first-order valence-electron chi connectivity index (χ1n) is 8.18. The normalized spacial score (nSPS) is 21.2. The summed E-state index contributed by atoms with van der Waals surface area (Å²) < 4.78 is 6.28. The molecule has 0 heterocycles. The van der Waals surface area contributed by atoms with Gasteiger partial charge >= 0.3 is 11.9 Å². The first kappa shape index (κ1) is 18.8. The van der Waals surface area contributed by atoms with Crippen molar-refractivity contribution >= 4 is 33.6 Å². The van der Waals surface area contributed by atoms with Gasteiger partial charge in [0, 0.05) is 10.5 Å². The molecule has 0 bridgehead atoms. The number of rotatable bonds is 4. The van der Waals surface area contributed by atoms with E-state index < -0.39 is 11.6 Å². The van der Waals surface area contributed by atoms with Crippen LogP contribution in [0.2, 0.25) is 0 Å². The largest absolute Gasteiger partial charge is 0.478 e. The third-order valence-corrected chi connectivity index (χ3v) is 4.53. The van der Waals surface area contributed by atoms with Gasteiger partial charge in [-0.3, -0.25) is 4.79 Å². The van der Waals surface area contributed by atoms with E-state index in [9.17, 15) is 14.7 Å². The molecule has 1 aliphatic rings. The minimum absolute atomic E-state index is 0.0660. The minimum atomic E-state index is -0.951. The van der Waals surface area contributed by atoms with Crippen LogP contribution < -0.4 is 5.32 Å². The summed E-state index contributed by atoms with van der Waals surface area (Å²) in [5, 5.41) is 12.6. The Morgan fingerprint density at radius 3 is 2.38 bits per heavy atom. The van der Waals surface area contributed by atoms with Gasteiger partial charge in [-0.2, -0.15) is 0 Å². The van der Waals surface area contributed by atoms with Gasteiger partial charge in [-0.1, -0.05) is 15.9 Å². The fourth-order valence-electron chi connectivity index (χ4n) is 2.90. The van der Waals surface area contributed by atoms with Gasteiger partial charge in [0.25, 0.3) is 0 Å². The number of carbonyl (C=O) groups excluding carboxylic acids is 1. The summed E-state index contributed by atoms with van der Waals surface area (Å²) in [4.78, 5) is 23.5. The summed E-state index contributed by atoms with van der Waals surface area (Å²) in [5.41, 5.74) is 0.406. The summed E-state index contributed by atoms with van der Waals surface area (Å²) >= 11 is 3.37. The molecule has 0 aromatic heterocycles. The molecule has 0 amide bonds. The van der Waals surface area contributed by atoms with Crippen molar-refractivity contribution in [3.05, 3.63) is 28.2 Å². The highest BCUT2D eigenvalue weighted by molar-refractivity contribution is 9.10. The number of esters is 1. The van der Waals surface area contributed by atoms with Crippen LogP contribution in [0.1, 0.15) is 56.8 Å². The van der Waals surface area contributed by atoms with E-state index in [-0.39, 0.29) is 23.5 Å². The molecule has 1 aromatic carbocycles. The van der Waals surface area contributed by atoms with Gasteiger partial charge in [-0.15, -0.1) is 0 Å². The van der Waals surface area contributed by atoms with Gasteiger partial charge in [-0.25, -0.2) is 4.79 Å². The number of anilines is 1. The fraction of sp³-hybridized carbons (Fsp3) is 0.556. The Morgan fingerprint density at radius 1 is 1.21 bits per heavy atom. The molecule has 0 aliphatic heterocycles. The Hall–Kier alpha value is -1.56. The third-order valence-electron chi connectivity index (χ3n) is 4.04. The van der Waals surface area contributed by atoms with E-state index >= 15 is 0 Å². The maximum absolute atomic E-state index is 12.1. The SMILES string of the molecule is CC(C)(C)OC(=O)C1CCC(Nc2cc(Br)ccc2C(=O)O)CC1. The second kappa shape index (κ2) is 7.55. The first-order chi connectivity index (χ1) is 11.2. The van der Waals surface area contributed by atoms with Crippen LogP contribution in [-0.4, -0.2) is 28.7 Å². The third kappa shape index (κ3) is 5.23. The topological polar surface area (TPSA) is 75.6 Å². The summed E-state index contributed by atoms with van der Waals surface area (Å²) in [6, 6.07) is 5.24. The molecule has 2 N–H and O–H groups in total. The lowest BCUT2D eigenvalue weighted by atomic mass is 9.85. The minimum Gasteiger partial charge on any atom is -0.478 e. The van der Waals surface area contributed by atoms with Gasteiger partial charge in [0.2, 0.25) is 0 Å². The molecule has 24 heavy (non-hydrogen) atoms. The van der Waals surface area contributed by atoms with Crippen LogP contribution in [0.5, 0.6) is 0 Å². The average Bonchev–Trinajstić information content (AvgIpc) is 2.46. The maximum Gasteiger partial charge on any atom is 0.337 e. The van der Waals surface area contributed by atoms with Crippen molar-refractivity contribution in [3.63, 3.8) is 0 Å². The number of aromatic carboxylic acids is 1. The van der Waals surface area contributed by atoms with Crippen LogP contribution in [0.15, 0.2) is 22.7 Å². The van der Waals surface area contributed by atoms with Crippen molar-refractivity contribution in [2.24, 2.45) is 5.92 Å². The van der Waals surface area contributed by atoms with Gasteiger partial charge in [0.15, 0.2) is 0 Å². The smallest absolute Gasteiger partial charge is 0.337 e. The lowest BCUT2D eigenvalue weighted by Crippen LogP contribution is -2.34. The van der Waals surface area contributed by atoms with Gasteiger partial charge in [-0.05, 0) is 64.7 Å². The van der Waals surface area contributed by atoms with Crippen LogP contribution in [-0.2, 0) is 9.53 Å². The molecule has 5 nitrogen and oxygen atoms in total. The van der Waals surface area contributed by atoms with Crippen molar-refractivity contribution in [1.29, 1.82) is 0 Å². The monoisotopic (exact) mass is 397 g/mol. The van der Waals surface area contributed by atoms with Crippen LogP contribution in [0, 0.1) is 5.92 Å². The number of carbonyl (C=O) groups is 2. The summed E-state index contributed by atoms with van der Waals surface area (Å²) in [5.74, 6) is -1.15. The van der Waals surface area contributed by atoms with Crippen LogP contribution in [0.25, 0.3) is 0 Å². The molecule has 132 valence electrons. The van der Waals surface area contributed by atoms with Crippen molar-refractivity contribution in [1.82, 2.24) is 0 Å². The van der Waals surface area contributed by atoms with Gasteiger partial charge in [0.05, 0.1) is 17.2 Å². The first-order valence-corrected chi connectivity index (χ1v) is 8.97. The summed E-state index contributed by atoms with van der Waals surface area (Å²) in [6.07, 6.45) is 3.14. The highest BCUT2D eigenvalue weighted by atomic mass is 79.9. The molecule has 2 rings (SSSR count). The number of hydrogen-bond acceptors (Lipinski definition) is 4. The Kier molecular flexibility index (Phi) is 5.91. The Bertz CT molecular complexity index is 616. The number of ether oxygens (including phenoxy) is 1. The van der Waals surface area contributed by atoms with E-state index in [0.717, 1.165) is 30.2 Å². The predicted molar refractivity (Wildman–Crippen MR) is 96.3 cm³/mol. The van der Waals surface area contributed by atoms with Crippen molar-refractivity contribution < 1.29 is 19.4 Å². The number of halogens is 1. The van der Waals surface area contributed by atoms with Gasteiger partial charge in [0.1, 0.15) is 5.60 Å². The average molecular weight is 398 g/mol. The molecule has 1 aliphatic carbocycles. The Balaban J connectivity index is 1.95. The zero-order valence-corrected chi connectivity index (χ0v) is 15.9. The van der Waals surface area contributed by atoms with Crippen molar-refractivity contribution in [2.75, 3.05) is 5.32 Å². The molecule has 6 heteroatoms. The lowest BCUT2D eigenvalue weighted by molar-refractivity contribution is -0.161. The van der Waals surface area contributed by atoms with Gasteiger partial charge < -0.3 is 15.2 Å². The quantitative estimate of drug-likeness (QED) is 0.733. The Morgan fingerprint density at radius 2 is 1.83 bits per heavy atom. The fourth-order valence-corrected chi connectivity index (χ4v) is 3.26. The van der Waals surface area contributed by atoms with E-state index in [0.29, 0.717) is 5.69 Å². The standard InChI is InChI=1S/C18H24BrNO4/c1-18(2,3)24-17(23)11-4-7-13(8-5-11)20-15-10-12(19)6-9-14(15)16(21)22/h6,9-11,13,20H,4-5,7-8H2,1-3H3,(H,21,22). The van der Waals surface area contributed by atoms with Crippen molar-refractivity contribution in [2.45, 2.75) is 58.1 Å². The second-order valence-electron chi connectivity index (χ2n) is 7.22. The Labute approximate surface area is 150 Å². The zero-order chi connectivity index (χ0) is 17.9. The number of carboxylic acids is 1. The second-order valence-corrected chi connectivity index (χ2v) is 8.14. The van der Waals surface area contributed by atoms with Crippen LogP contribution >= 0.6 is 15.9 Å². The van der Waals surface area contributed by atoms with E-state index in [1.807, 2.05) is 20.8 Å². The van der Waals surface area contributed by atoms with Crippen LogP contribution in [0.4, 0.5) is 5.69 Å². The number of carboxylic acid groups (broad SMARTS) is 1. The molecule has 0 unspecified atom stereocenters. The van der Waals surface area contributed by atoms with E-state index in [1.165, 1.54) is 0 Å². The number of hydrogen-bond donors (Lipinski definition) is 2. The zero-order valence-electron chi connectivity index (χ0n) is 14.3. The molecule has 1 fully saturated rings. The van der Waals surface area contributed by atoms with Crippen molar-refractivity contribution in [3.8, 4) is 0 Å². The van der Waals surface area contributed by atoms with E-state index in [4.69, 9.17) is 4.74 Å². The summed E-state index contributed by atoms with van der Waals surface area (Å²) in [7, 11) is 0. The lowest BCUT2D eigenvalue weighted by Gasteiger charge is -2.31. The molecular formula is C18H24BrNO4. The molecule has 0 radical (unpaired) electrons. The highest BCUT2D eigenvalue weighted by Gasteiger charge is 2.30. The highest BCUT2D eigenvalue weighted by Crippen LogP contribution is 2.30. The molecule has 1 aromatic rings. The van der Waals surface area contributed by atoms with Crippen LogP contribution in [0.3, 0.4) is 0 Å². The molecule has 0 saturated heterocycles. The number of benzene rings is 1. The predicted octanol–water partition coefficient (Wildman–Crippen LogP) is 4.46. The van der Waals surface area contributed by atoms with E-state index in [2.05, 4.69) is 21.2 Å². The molecular weight excluding hydrogens is 374 g/mol. The molecule has 0 spiro atoms. The maximum atomic E-state index is 12.1. The summed E-state index contributed by atoms with van der Waals surface area (Å²) in [6.45, 7) is 5.62.